The first-order valence-electron chi connectivity index (χ1n) is 8.77. The SMILES string of the molecule is CCOc1c(Cl)cc(C(=O)Nc2ccccc2I)cc1OCc1ccccc1. The molecule has 0 heterocycles. The largest absolute Gasteiger partial charge is 0.488 e. The van der Waals surface area contributed by atoms with E-state index in [0.29, 0.717) is 35.3 Å². The molecule has 0 radical (unpaired) electrons. The summed E-state index contributed by atoms with van der Waals surface area (Å²) in [6, 6.07) is 20.6. The van der Waals surface area contributed by atoms with E-state index in [0.717, 1.165) is 14.8 Å². The van der Waals surface area contributed by atoms with Crippen molar-refractivity contribution >= 4 is 45.8 Å². The van der Waals surface area contributed by atoms with Gasteiger partial charge in [-0.15, -0.1) is 0 Å². The lowest BCUT2D eigenvalue weighted by Gasteiger charge is -2.15. The fourth-order valence-electron chi connectivity index (χ4n) is 2.58. The molecule has 0 saturated carbocycles. The molecule has 6 heteroatoms. The molecule has 1 N–H and O–H groups in total. The highest BCUT2D eigenvalue weighted by Crippen LogP contribution is 2.37. The molecular weight excluding hydrogens is 489 g/mol. The molecule has 0 aliphatic rings. The molecule has 144 valence electrons. The van der Waals surface area contributed by atoms with Crippen molar-refractivity contribution in [1.82, 2.24) is 0 Å². The van der Waals surface area contributed by atoms with Crippen LogP contribution in [0.3, 0.4) is 0 Å². The number of carbonyl (C=O) groups is 1. The lowest BCUT2D eigenvalue weighted by Crippen LogP contribution is -2.13. The van der Waals surface area contributed by atoms with Gasteiger partial charge in [0.25, 0.3) is 5.91 Å². The fourth-order valence-corrected chi connectivity index (χ4v) is 3.37. The van der Waals surface area contributed by atoms with Crippen LogP contribution in [0.25, 0.3) is 0 Å². The van der Waals surface area contributed by atoms with Crippen LogP contribution in [-0.2, 0) is 6.61 Å². The quantitative estimate of drug-likeness (QED) is 0.389. The van der Waals surface area contributed by atoms with E-state index in [1.165, 1.54) is 0 Å². The van der Waals surface area contributed by atoms with Gasteiger partial charge in [-0.05, 0) is 59.3 Å². The Balaban J connectivity index is 1.86. The summed E-state index contributed by atoms with van der Waals surface area (Å²) in [7, 11) is 0. The second-order valence-electron chi connectivity index (χ2n) is 5.93. The average molecular weight is 508 g/mol. The van der Waals surface area contributed by atoms with Gasteiger partial charge in [0.05, 0.1) is 17.3 Å². The topological polar surface area (TPSA) is 47.6 Å². The van der Waals surface area contributed by atoms with Gasteiger partial charge in [0.15, 0.2) is 11.5 Å². The highest BCUT2D eigenvalue weighted by atomic mass is 127. The Morgan fingerprint density at radius 2 is 1.75 bits per heavy atom. The predicted molar refractivity (Wildman–Crippen MR) is 121 cm³/mol. The lowest BCUT2D eigenvalue weighted by atomic mass is 10.1. The minimum Gasteiger partial charge on any atom is -0.488 e. The zero-order valence-electron chi connectivity index (χ0n) is 15.2. The summed E-state index contributed by atoms with van der Waals surface area (Å²) in [5.74, 6) is 0.607. The van der Waals surface area contributed by atoms with Gasteiger partial charge < -0.3 is 14.8 Å². The molecule has 3 rings (SSSR count). The van der Waals surface area contributed by atoms with E-state index in [9.17, 15) is 4.79 Å². The van der Waals surface area contributed by atoms with Crippen molar-refractivity contribution in [3.8, 4) is 11.5 Å². The maximum atomic E-state index is 12.7. The van der Waals surface area contributed by atoms with E-state index >= 15 is 0 Å². The molecule has 0 atom stereocenters. The third kappa shape index (κ3) is 5.17. The van der Waals surface area contributed by atoms with E-state index in [1.807, 2.05) is 61.5 Å². The minimum atomic E-state index is -0.265. The fraction of sp³-hybridized carbons (Fsp3) is 0.136. The van der Waals surface area contributed by atoms with Gasteiger partial charge in [0, 0.05) is 9.13 Å². The maximum Gasteiger partial charge on any atom is 0.255 e. The van der Waals surface area contributed by atoms with Gasteiger partial charge in [-0.3, -0.25) is 4.79 Å². The number of anilines is 1. The van der Waals surface area contributed by atoms with Gasteiger partial charge in [0.2, 0.25) is 0 Å². The third-order valence-corrected chi connectivity index (χ3v) is 5.14. The zero-order valence-corrected chi connectivity index (χ0v) is 18.2. The summed E-state index contributed by atoms with van der Waals surface area (Å²) in [6.07, 6.45) is 0. The molecule has 0 spiro atoms. The number of rotatable bonds is 7. The van der Waals surface area contributed by atoms with Crippen LogP contribution in [0.5, 0.6) is 11.5 Å². The smallest absolute Gasteiger partial charge is 0.255 e. The van der Waals surface area contributed by atoms with Crippen molar-refractivity contribution in [1.29, 1.82) is 0 Å². The van der Waals surface area contributed by atoms with Gasteiger partial charge >= 0.3 is 0 Å². The van der Waals surface area contributed by atoms with Crippen LogP contribution < -0.4 is 14.8 Å². The van der Waals surface area contributed by atoms with Crippen LogP contribution in [0.15, 0.2) is 66.7 Å². The minimum absolute atomic E-state index is 0.265. The van der Waals surface area contributed by atoms with E-state index in [4.69, 9.17) is 21.1 Å². The summed E-state index contributed by atoms with van der Waals surface area (Å²) in [5, 5.41) is 3.24. The van der Waals surface area contributed by atoms with Crippen molar-refractivity contribution in [3.63, 3.8) is 0 Å². The van der Waals surface area contributed by atoms with E-state index in [-0.39, 0.29) is 5.91 Å². The van der Waals surface area contributed by atoms with Crippen LogP contribution >= 0.6 is 34.2 Å². The third-order valence-electron chi connectivity index (χ3n) is 3.92. The Hall–Kier alpha value is -2.25. The van der Waals surface area contributed by atoms with Crippen LogP contribution in [0.1, 0.15) is 22.8 Å². The molecule has 0 bridgehead atoms. The van der Waals surface area contributed by atoms with Gasteiger partial charge in [-0.25, -0.2) is 0 Å². The zero-order chi connectivity index (χ0) is 19.9. The van der Waals surface area contributed by atoms with Crippen molar-refractivity contribution < 1.29 is 14.3 Å². The molecular formula is C22H19ClINO3. The van der Waals surface area contributed by atoms with Gasteiger partial charge in [0.1, 0.15) is 6.61 Å². The van der Waals surface area contributed by atoms with Crippen molar-refractivity contribution in [2.75, 3.05) is 11.9 Å². The number of benzene rings is 3. The van der Waals surface area contributed by atoms with Crippen LogP contribution in [0.2, 0.25) is 5.02 Å². The molecule has 3 aromatic rings. The second kappa shape index (κ2) is 9.80. The van der Waals surface area contributed by atoms with E-state index < -0.39 is 0 Å². The molecule has 28 heavy (non-hydrogen) atoms. The number of para-hydroxylation sites is 1. The van der Waals surface area contributed by atoms with Crippen LogP contribution in [0.4, 0.5) is 5.69 Å². The second-order valence-corrected chi connectivity index (χ2v) is 7.50. The molecule has 0 aliphatic heterocycles. The molecule has 1 amide bonds. The highest BCUT2D eigenvalue weighted by molar-refractivity contribution is 14.1. The first-order chi connectivity index (χ1) is 13.6. The van der Waals surface area contributed by atoms with Crippen LogP contribution in [0, 0.1) is 3.57 Å². The molecule has 0 aromatic heterocycles. The highest BCUT2D eigenvalue weighted by Gasteiger charge is 2.17. The monoisotopic (exact) mass is 507 g/mol. The normalized spacial score (nSPS) is 10.4. The Morgan fingerprint density at radius 3 is 2.46 bits per heavy atom. The summed E-state index contributed by atoms with van der Waals surface area (Å²) < 4.78 is 12.5. The summed E-state index contributed by atoms with van der Waals surface area (Å²) in [5.41, 5.74) is 2.15. The summed E-state index contributed by atoms with van der Waals surface area (Å²) in [4.78, 5) is 12.7. The standard InChI is InChI=1S/C22H19ClINO3/c1-2-27-21-17(23)12-16(22(26)25-19-11-7-6-10-18(19)24)13-20(21)28-14-15-8-4-3-5-9-15/h3-13H,2,14H2,1H3,(H,25,26). The Bertz CT molecular complexity index is 963. The van der Waals surface area contributed by atoms with Crippen LogP contribution in [-0.4, -0.2) is 12.5 Å². The number of ether oxygens (including phenoxy) is 2. The summed E-state index contributed by atoms with van der Waals surface area (Å²) >= 11 is 8.56. The molecule has 3 aromatic carbocycles. The molecule has 4 nitrogen and oxygen atoms in total. The maximum absolute atomic E-state index is 12.7. The molecule has 0 unspecified atom stereocenters. The Morgan fingerprint density at radius 1 is 1.04 bits per heavy atom. The first kappa shape index (κ1) is 20.5. The van der Waals surface area contributed by atoms with Gasteiger partial charge in [-0.2, -0.15) is 0 Å². The molecule has 0 saturated heterocycles. The number of nitrogens with one attached hydrogen (secondary N) is 1. The number of hydrogen-bond donors (Lipinski definition) is 1. The lowest BCUT2D eigenvalue weighted by molar-refractivity contribution is 0.102. The summed E-state index contributed by atoms with van der Waals surface area (Å²) in [6.45, 7) is 2.66. The van der Waals surface area contributed by atoms with E-state index in [2.05, 4.69) is 27.9 Å². The number of hydrogen-bond acceptors (Lipinski definition) is 3. The number of halogens is 2. The van der Waals surface area contributed by atoms with Gasteiger partial charge in [-0.1, -0.05) is 54.1 Å². The number of carbonyl (C=O) groups excluding carboxylic acids is 1. The molecule has 0 fully saturated rings. The Kier molecular flexibility index (Phi) is 7.17. The van der Waals surface area contributed by atoms with Crippen molar-refractivity contribution in [2.45, 2.75) is 13.5 Å². The van der Waals surface area contributed by atoms with E-state index in [1.54, 1.807) is 12.1 Å². The van der Waals surface area contributed by atoms with Crippen molar-refractivity contribution in [3.05, 3.63) is 86.4 Å². The first-order valence-corrected chi connectivity index (χ1v) is 10.2. The Labute approximate surface area is 183 Å². The van der Waals surface area contributed by atoms with Crippen molar-refractivity contribution in [2.24, 2.45) is 0 Å². The predicted octanol–water partition coefficient (Wildman–Crippen LogP) is 6.17. The number of amides is 1. The average Bonchev–Trinajstić information content (AvgIpc) is 2.70. The molecule has 0 aliphatic carbocycles.